The summed E-state index contributed by atoms with van der Waals surface area (Å²) >= 11 is 15.5. The van der Waals surface area contributed by atoms with Gasteiger partial charge in [-0.05, 0) is 22.0 Å². The molecule has 6 heteroatoms. The molecule has 0 atom stereocenters. The number of nitrogens with zero attached hydrogens (tertiary/aromatic N) is 2. The van der Waals surface area contributed by atoms with Crippen LogP contribution in [-0.2, 0) is 0 Å². The van der Waals surface area contributed by atoms with E-state index >= 15 is 0 Å². The molecular formula is C10H4BrCl2N3. The molecule has 0 aliphatic heterocycles. The molecule has 0 saturated carbocycles. The second-order valence-electron chi connectivity index (χ2n) is 3.32. The highest BCUT2D eigenvalue weighted by molar-refractivity contribution is 9.10. The summed E-state index contributed by atoms with van der Waals surface area (Å²) in [6.07, 6.45) is 3.25. The van der Waals surface area contributed by atoms with Crippen LogP contribution in [0.4, 0.5) is 0 Å². The van der Waals surface area contributed by atoms with Gasteiger partial charge in [0, 0.05) is 22.3 Å². The number of nitrogens with one attached hydrogen (secondary N) is 1. The van der Waals surface area contributed by atoms with Gasteiger partial charge in [-0.15, -0.1) is 0 Å². The van der Waals surface area contributed by atoms with E-state index in [9.17, 15) is 0 Å². The Morgan fingerprint density at radius 1 is 1.19 bits per heavy atom. The second-order valence-corrected chi connectivity index (χ2v) is 5.00. The third-order valence-electron chi connectivity index (χ3n) is 2.34. The van der Waals surface area contributed by atoms with E-state index in [0.29, 0.717) is 10.2 Å². The van der Waals surface area contributed by atoms with Crippen molar-refractivity contribution in [2.45, 2.75) is 0 Å². The van der Waals surface area contributed by atoms with Crippen molar-refractivity contribution in [1.29, 1.82) is 0 Å². The van der Waals surface area contributed by atoms with Crippen LogP contribution in [0.5, 0.6) is 0 Å². The van der Waals surface area contributed by atoms with Gasteiger partial charge in [-0.25, -0.2) is 4.98 Å². The zero-order chi connectivity index (χ0) is 11.3. The number of hydrogen-bond donors (Lipinski definition) is 1. The molecule has 3 aromatic heterocycles. The van der Waals surface area contributed by atoms with Crippen molar-refractivity contribution in [3.05, 3.63) is 33.1 Å². The van der Waals surface area contributed by atoms with Crippen molar-refractivity contribution < 1.29 is 0 Å². The summed E-state index contributed by atoms with van der Waals surface area (Å²) in [7, 11) is 0. The molecule has 1 N–H and O–H groups in total. The highest BCUT2D eigenvalue weighted by Gasteiger charge is 2.12. The van der Waals surface area contributed by atoms with Gasteiger partial charge in [0.15, 0.2) is 5.15 Å². The Kier molecular flexibility index (Phi) is 2.31. The van der Waals surface area contributed by atoms with Gasteiger partial charge < -0.3 is 4.98 Å². The molecule has 80 valence electrons. The monoisotopic (exact) mass is 315 g/mol. The number of H-pyrrole nitrogens is 1. The van der Waals surface area contributed by atoms with Gasteiger partial charge in [-0.1, -0.05) is 23.2 Å². The molecule has 3 rings (SSSR count). The molecule has 3 aromatic rings. The summed E-state index contributed by atoms with van der Waals surface area (Å²) in [6.45, 7) is 0. The average molecular weight is 317 g/mol. The van der Waals surface area contributed by atoms with Gasteiger partial charge >= 0.3 is 0 Å². The van der Waals surface area contributed by atoms with Crippen LogP contribution < -0.4 is 0 Å². The van der Waals surface area contributed by atoms with Crippen LogP contribution in [0.3, 0.4) is 0 Å². The molecule has 0 amide bonds. The van der Waals surface area contributed by atoms with Crippen LogP contribution in [0.25, 0.3) is 21.9 Å². The molecule has 0 bridgehead atoms. The smallest absolute Gasteiger partial charge is 0.153 e. The van der Waals surface area contributed by atoms with E-state index < -0.39 is 0 Å². The number of aromatic nitrogens is 3. The van der Waals surface area contributed by atoms with Gasteiger partial charge in [-0.3, -0.25) is 4.98 Å². The molecular weight excluding hydrogens is 313 g/mol. The van der Waals surface area contributed by atoms with E-state index in [0.717, 1.165) is 26.4 Å². The van der Waals surface area contributed by atoms with Crippen molar-refractivity contribution in [2.24, 2.45) is 0 Å². The number of pyridine rings is 2. The average Bonchev–Trinajstić information content (AvgIpc) is 2.63. The van der Waals surface area contributed by atoms with Crippen LogP contribution in [0.1, 0.15) is 0 Å². The molecule has 3 nitrogen and oxygen atoms in total. The van der Waals surface area contributed by atoms with Gasteiger partial charge in [0.25, 0.3) is 0 Å². The van der Waals surface area contributed by atoms with Crippen molar-refractivity contribution in [3.8, 4) is 0 Å². The largest absolute Gasteiger partial charge is 0.351 e. The lowest BCUT2D eigenvalue weighted by molar-refractivity contribution is 1.35. The third kappa shape index (κ3) is 1.41. The van der Waals surface area contributed by atoms with E-state index in [4.69, 9.17) is 23.2 Å². The highest BCUT2D eigenvalue weighted by Crippen LogP contribution is 2.33. The Hall–Kier alpha value is -0.840. The molecule has 3 heterocycles. The fourth-order valence-corrected chi connectivity index (χ4v) is 2.43. The maximum atomic E-state index is 6.10. The van der Waals surface area contributed by atoms with Crippen LogP contribution in [0.15, 0.2) is 22.9 Å². The van der Waals surface area contributed by atoms with Crippen LogP contribution in [-0.4, -0.2) is 15.0 Å². The zero-order valence-electron chi connectivity index (χ0n) is 7.76. The first kappa shape index (κ1) is 10.3. The van der Waals surface area contributed by atoms with E-state index in [1.165, 1.54) is 6.20 Å². The molecule has 0 fully saturated rings. The zero-order valence-corrected chi connectivity index (χ0v) is 10.9. The first-order valence-corrected chi connectivity index (χ1v) is 5.98. The Morgan fingerprint density at radius 2 is 2.00 bits per heavy atom. The summed E-state index contributed by atoms with van der Waals surface area (Å²) in [5, 5.41) is 1.75. The van der Waals surface area contributed by atoms with Crippen molar-refractivity contribution in [1.82, 2.24) is 15.0 Å². The van der Waals surface area contributed by atoms with E-state index in [1.54, 1.807) is 6.20 Å². The predicted molar refractivity (Wildman–Crippen MR) is 69.1 cm³/mol. The van der Waals surface area contributed by atoms with Gasteiger partial charge in [-0.2, -0.15) is 0 Å². The Morgan fingerprint density at radius 3 is 2.81 bits per heavy atom. The Bertz CT molecular complexity index is 708. The van der Waals surface area contributed by atoms with Crippen LogP contribution in [0.2, 0.25) is 10.2 Å². The Labute approximate surface area is 109 Å². The van der Waals surface area contributed by atoms with E-state index in [1.807, 2.05) is 6.07 Å². The summed E-state index contributed by atoms with van der Waals surface area (Å²) in [6, 6.07) is 1.93. The molecule has 0 aliphatic carbocycles. The number of rotatable bonds is 0. The van der Waals surface area contributed by atoms with E-state index in [-0.39, 0.29) is 0 Å². The summed E-state index contributed by atoms with van der Waals surface area (Å²) in [4.78, 5) is 11.5. The fraction of sp³-hybridized carbons (Fsp3) is 0. The molecule has 0 aromatic carbocycles. The topological polar surface area (TPSA) is 41.6 Å². The van der Waals surface area contributed by atoms with Crippen LogP contribution >= 0.6 is 39.1 Å². The SMILES string of the molecule is Clc1ncc(Cl)c2c1[nH]c1cc(Br)cnc12. The van der Waals surface area contributed by atoms with Gasteiger partial charge in [0.2, 0.25) is 0 Å². The van der Waals surface area contributed by atoms with Crippen molar-refractivity contribution in [2.75, 3.05) is 0 Å². The maximum absolute atomic E-state index is 6.10. The normalized spacial score (nSPS) is 11.4. The molecule has 0 saturated heterocycles. The first-order valence-electron chi connectivity index (χ1n) is 4.44. The van der Waals surface area contributed by atoms with Crippen LogP contribution in [0, 0.1) is 0 Å². The first-order chi connectivity index (χ1) is 7.66. The number of fused-ring (bicyclic) bond motifs is 3. The highest BCUT2D eigenvalue weighted by atomic mass is 79.9. The summed E-state index contributed by atoms with van der Waals surface area (Å²) < 4.78 is 0.895. The van der Waals surface area contributed by atoms with Gasteiger partial charge in [0.1, 0.15) is 0 Å². The van der Waals surface area contributed by atoms with E-state index in [2.05, 4.69) is 30.9 Å². The number of aromatic amines is 1. The molecule has 0 aliphatic rings. The number of halogens is 3. The molecule has 0 radical (unpaired) electrons. The Balaban J connectivity index is 2.60. The minimum atomic E-state index is 0.397. The fourth-order valence-electron chi connectivity index (χ4n) is 1.68. The third-order valence-corrected chi connectivity index (χ3v) is 3.34. The number of hydrogen-bond acceptors (Lipinski definition) is 2. The predicted octanol–water partition coefficient (Wildman–Crippen LogP) is 4.18. The lowest BCUT2D eigenvalue weighted by Gasteiger charge is -1.95. The molecule has 0 unspecified atom stereocenters. The second kappa shape index (κ2) is 3.58. The lowest BCUT2D eigenvalue weighted by Crippen LogP contribution is -1.78. The maximum Gasteiger partial charge on any atom is 0.153 e. The van der Waals surface area contributed by atoms with Gasteiger partial charge in [0.05, 0.1) is 21.6 Å². The minimum Gasteiger partial charge on any atom is -0.351 e. The quantitative estimate of drug-likeness (QED) is 0.632. The standard InChI is InChI=1S/C10H4BrCl2N3/c11-4-1-6-8(14-2-4)7-5(12)3-15-10(13)9(7)16-6/h1-3,16H. The molecule has 16 heavy (non-hydrogen) atoms. The molecule has 0 spiro atoms. The minimum absolute atomic E-state index is 0.397. The van der Waals surface area contributed by atoms with Crippen molar-refractivity contribution >= 4 is 61.1 Å². The lowest BCUT2D eigenvalue weighted by atomic mass is 10.3. The summed E-state index contributed by atoms with van der Waals surface area (Å²) in [5.74, 6) is 0. The van der Waals surface area contributed by atoms with Crippen molar-refractivity contribution in [3.63, 3.8) is 0 Å². The summed E-state index contributed by atoms with van der Waals surface area (Å²) in [5.41, 5.74) is 2.39.